The quantitative estimate of drug-likeness (QED) is 0.874. The van der Waals surface area contributed by atoms with Crippen LogP contribution in [-0.4, -0.2) is 25.7 Å². The van der Waals surface area contributed by atoms with E-state index in [2.05, 4.69) is 10.2 Å². The molecule has 1 heterocycles. The van der Waals surface area contributed by atoms with Crippen molar-refractivity contribution in [1.29, 1.82) is 0 Å². The average molecular weight is 280 g/mol. The maximum atomic E-state index is 12.5. The van der Waals surface area contributed by atoms with Crippen LogP contribution in [0.25, 0.3) is 0 Å². The minimum absolute atomic E-state index is 0.168. The van der Waals surface area contributed by atoms with Gasteiger partial charge in [0.2, 0.25) is 0 Å². The molecule has 0 aliphatic rings. The second kappa shape index (κ2) is 5.02. The molecule has 0 unspecified atom stereocenters. The van der Waals surface area contributed by atoms with Crippen LogP contribution in [0.15, 0.2) is 35.4 Å². The molecule has 0 radical (unpaired) electrons. The summed E-state index contributed by atoms with van der Waals surface area (Å²) in [6.45, 7) is 1.95. The van der Waals surface area contributed by atoms with Crippen LogP contribution in [-0.2, 0) is 16.6 Å². The molecule has 102 valence electrons. The summed E-state index contributed by atoms with van der Waals surface area (Å²) in [5, 5.41) is 6.38. The van der Waals surface area contributed by atoms with Gasteiger partial charge in [0, 0.05) is 13.6 Å². The van der Waals surface area contributed by atoms with Crippen LogP contribution in [0.3, 0.4) is 0 Å². The Morgan fingerprint density at radius 2 is 2.05 bits per heavy atom. The van der Waals surface area contributed by atoms with Gasteiger partial charge in [-0.2, -0.15) is 5.10 Å². The van der Waals surface area contributed by atoms with Crippen LogP contribution < -0.4 is 10.0 Å². The number of aromatic amines is 1. The second-order valence-electron chi connectivity index (χ2n) is 4.16. The van der Waals surface area contributed by atoms with Gasteiger partial charge < -0.3 is 5.73 Å². The molecule has 0 saturated carbocycles. The number of nitrogens with one attached hydrogen (secondary N) is 1. The Hall–Kier alpha value is -1.86. The summed E-state index contributed by atoms with van der Waals surface area (Å²) in [6, 6.07) is 7.15. The molecule has 6 nitrogen and oxygen atoms in total. The molecule has 1 aromatic carbocycles. The van der Waals surface area contributed by atoms with Gasteiger partial charge in [0.25, 0.3) is 10.0 Å². The van der Waals surface area contributed by atoms with E-state index in [0.717, 1.165) is 5.56 Å². The molecule has 2 rings (SSSR count). The third kappa shape index (κ3) is 2.34. The molecule has 0 bridgehead atoms. The smallest absolute Gasteiger partial charge is 0.267 e. The van der Waals surface area contributed by atoms with E-state index in [1.807, 2.05) is 12.1 Å². The van der Waals surface area contributed by atoms with Crippen LogP contribution in [0.4, 0.5) is 5.69 Å². The normalized spacial score (nSPS) is 11.5. The van der Waals surface area contributed by atoms with E-state index in [0.29, 0.717) is 11.4 Å². The van der Waals surface area contributed by atoms with Crippen LogP contribution in [0.5, 0.6) is 0 Å². The molecule has 0 saturated heterocycles. The highest BCUT2D eigenvalue weighted by molar-refractivity contribution is 7.92. The summed E-state index contributed by atoms with van der Waals surface area (Å²) in [4.78, 5) is 0.168. The lowest BCUT2D eigenvalue weighted by Gasteiger charge is -2.21. The molecule has 0 spiro atoms. The van der Waals surface area contributed by atoms with Gasteiger partial charge in [0.1, 0.15) is 4.90 Å². The van der Waals surface area contributed by atoms with E-state index in [1.54, 1.807) is 19.1 Å². The molecule has 0 aliphatic carbocycles. The van der Waals surface area contributed by atoms with Gasteiger partial charge in [-0.15, -0.1) is 0 Å². The molecule has 7 heteroatoms. The molecule has 0 fully saturated rings. The zero-order valence-electron chi connectivity index (χ0n) is 10.8. The SMILES string of the molecule is Cc1[nH]ncc1S(=O)(=O)N(C)c1ccccc1CN. The van der Waals surface area contributed by atoms with Crippen molar-refractivity contribution in [2.75, 3.05) is 11.4 Å². The van der Waals surface area contributed by atoms with Crippen LogP contribution >= 0.6 is 0 Å². The van der Waals surface area contributed by atoms with Crippen molar-refractivity contribution in [2.45, 2.75) is 18.4 Å². The topological polar surface area (TPSA) is 92.1 Å². The summed E-state index contributed by atoms with van der Waals surface area (Å²) in [6.07, 6.45) is 1.31. The zero-order valence-corrected chi connectivity index (χ0v) is 11.6. The van der Waals surface area contributed by atoms with E-state index in [4.69, 9.17) is 5.73 Å². The van der Waals surface area contributed by atoms with E-state index >= 15 is 0 Å². The van der Waals surface area contributed by atoms with Gasteiger partial charge in [-0.25, -0.2) is 8.42 Å². The number of nitrogens with two attached hydrogens (primary N) is 1. The highest BCUT2D eigenvalue weighted by atomic mass is 32.2. The summed E-state index contributed by atoms with van der Waals surface area (Å²) in [5.74, 6) is 0. The number of aryl methyl sites for hydroxylation is 1. The third-order valence-corrected chi connectivity index (χ3v) is 4.86. The summed E-state index contributed by atoms with van der Waals surface area (Å²) < 4.78 is 26.2. The van der Waals surface area contributed by atoms with Crippen molar-refractivity contribution >= 4 is 15.7 Å². The minimum atomic E-state index is -3.63. The highest BCUT2D eigenvalue weighted by Crippen LogP contribution is 2.25. The van der Waals surface area contributed by atoms with Crippen LogP contribution in [0.2, 0.25) is 0 Å². The number of H-pyrrole nitrogens is 1. The molecular weight excluding hydrogens is 264 g/mol. The van der Waals surface area contributed by atoms with Crippen molar-refractivity contribution in [3.8, 4) is 0 Å². The number of aromatic nitrogens is 2. The lowest BCUT2D eigenvalue weighted by Crippen LogP contribution is -2.28. The Balaban J connectivity index is 2.50. The molecule has 3 N–H and O–H groups in total. The van der Waals surface area contributed by atoms with Crippen LogP contribution in [0, 0.1) is 6.92 Å². The summed E-state index contributed by atoms with van der Waals surface area (Å²) >= 11 is 0. The fourth-order valence-electron chi connectivity index (χ4n) is 1.87. The summed E-state index contributed by atoms with van der Waals surface area (Å²) in [7, 11) is -2.12. The standard InChI is InChI=1S/C12H16N4O2S/c1-9-12(8-14-15-9)19(17,18)16(2)11-6-4-3-5-10(11)7-13/h3-6,8H,7,13H2,1-2H3,(H,14,15). The van der Waals surface area contributed by atoms with E-state index in [1.165, 1.54) is 17.5 Å². The Morgan fingerprint density at radius 1 is 1.37 bits per heavy atom. The minimum Gasteiger partial charge on any atom is -0.326 e. The van der Waals surface area contributed by atoms with Gasteiger partial charge in [0.05, 0.1) is 17.6 Å². The van der Waals surface area contributed by atoms with Gasteiger partial charge in [-0.1, -0.05) is 18.2 Å². The van der Waals surface area contributed by atoms with Gasteiger partial charge in [0.15, 0.2) is 0 Å². The molecule has 0 aliphatic heterocycles. The number of nitrogens with zero attached hydrogens (tertiary/aromatic N) is 2. The lowest BCUT2D eigenvalue weighted by molar-refractivity contribution is 0.593. The first-order chi connectivity index (χ1) is 8.98. The molecular formula is C12H16N4O2S. The Morgan fingerprint density at radius 3 is 2.63 bits per heavy atom. The Labute approximate surface area is 112 Å². The molecule has 0 atom stereocenters. The van der Waals surface area contributed by atoms with E-state index in [-0.39, 0.29) is 11.4 Å². The maximum absolute atomic E-state index is 12.5. The highest BCUT2D eigenvalue weighted by Gasteiger charge is 2.25. The Kier molecular flexibility index (Phi) is 3.59. The summed E-state index contributed by atoms with van der Waals surface area (Å²) in [5.41, 5.74) is 7.50. The first-order valence-corrected chi connectivity index (χ1v) is 7.19. The number of para-hydroxylation sites is 1. The predicted octanol–water partition coefficient (Wildman–Crippen LogP) is 1.00. The largest absolute Gasteiger partial charge is 0.326 e. The predicted molar refractivity (Wildman–Crippen MR) is 73.2 cm³/mol. The number of benzene rings is 1. The van der Waals surface area contributed by atoms with Crippen molar-refractivity contribution in [3.05, 3.63) is 41.7 Å². The molecule has 2 aromatic rings. The maximum Gasteiger partial charge on any atom is 0.267 e. The monoisotopic (exact) mass is 280 g/mol. The lowest BCUT2D eigenvalue weighted by atomic mass is 10.2. The van der Waals surface area contributed by atoms with Crippen molar-refractivity contribution in [2.24, 2.45) is 5.73 Å². The zero-order chi connectivity index (χ0) is 14.0. The van der Waals surface area contributed by atoms with Gasteiger partial charge in [-0.05, 0) is 18.6 Å². The fourth-order valence-corrected chi connectivity index (χ4v) is 3.22. The first kappa shape index (κ1) is 13.6. The van der Waals surface area contributed by atoms with Crippen molar-refractivity contribution in [3.63, 3.8) is 0 Å². The van der Waals surface area contributed by atoms with E-state index < -0.39 is 10.0 Å². The first-order valence-electron chi connectivity index (χ1n) is 5.75. The number of sulfonamides is 1. The van der Waals surface area contributed by atoms with Crippen molar-refractivity contribution < 1.29 is 8.42 Å². The molecule has 0 amide bonds. The van der Waals surface area contributed by atoms with Gasteiger partial charge >= 0.3 is 0 Å². The third-order valence-electron chi connectivity index (χ3n) is 2.97. The van der Waals surface area contributed by atoms with E-state index in [9.17, 15) is 8.42 Å². The second-order valence-corrected chi connectivity index (χ2v) is 6.10. The van der Waals surface area contributed by atoms with Gasteiger partial charge in [-0.3, -0.25) is 9.40 Å². The number of anilines is 1. The van der Waals surface area contributed by atoms with Crippen LogP contribution in [0.1, 0.15) is 11.3 Å². The fraction of sp³-hybridized carbons (Fsp3) is 0.250. The number of rotatable bonds is 4. The Bertz CT molecular complexity index is 679. The molecule has 19 heavy (non-hydrogen) atoms. The van der Waals surface area contributed by atoms with Crippen molar-refractivity contribution in [1.82, 2.24) is 10.2 Å². The number of hydrogen-bond donors (Lipinski definition) is 2. The number of hydrogen-bond acceptors (Lipinski definition) is 4. The molecule has 1 aromatic heterocycles. The average Bonchev–Trinajstić information content (AvgIpc) is 2.84.